The molecule has 9 heteroatoms. The fourth-order valence-corrected chi connectivity index (χ4v) is 2.70. The molecule has 1 N–H and O–H groups in total. The summed E-state index contributed by atoms with van der Waals surface area (Å²) in [6, 6.07) is 12.6. The minimum atomic E-state index is -0.801. The van der Waals surface area contributed by atoms with Gasteiger partial charge >= 0.3 is 5.97 Å². The minimum absolute atomic E-state index is 0.0252. The minimum Gasteiger partial charge on any atom is -0.450 e. The Morgan fingerprint density at radius 3 is 2.72 bits per heavy atom. The van der Waals surface area contributed by atoms with Crippen molar-refractivity contribution in [2.24, 2.45) is 0 Å². The summed E-state index contributed by atoms with van der Waals surface area (Å²) >= 11 is 0. The number of para-hydroxylation sites is 1. The van der Waals surface area contributed by atoms with Crippen molar-refractivity contribution in [1.82, 2.24) is 0 Å². The second kappa shape index (κ2) is 8.98. The summed E-state index contributed by atoms with van der Waals surface area (Å²) in [7, 11) is 0. The number of rotatable bonds is 8. The number of benzene rings is 2. The maximum atomic E-state index is 12.5. The average Bonchev–Trinajstić information content (AvgIpc) is 3.09. The zero-order chi connectivity index (χ0) is 20.8. The molecule has 9 nitrogen and oxygen atoms in total. The molecule has 0 aliphatic carbocycles. The van der Waals surface area contributed by atoms with Gasteiger partial charge < -0.3 is 19.2 Å². The number of amides is 1. The monoisotopic (exact) mass is 398 g/mol. The number of fused-ring (bicyclic) bond motifs is 1. The number of nitrogens with zero attached hydrogens (tertiary/aromatic N) is 1. The molecule has 0 radical (unpaired) electrons. The first kappa shape index (κ1) is 20.0. The van der Waals surface area contributed by atoms with Gasteiger partial charge in [0.1, 0.15) is 5.58 Å². The van der Waals surface area contributed by atoms with Gasteiger partial charge in [-0.1, -0.05) is 24.3 Å². The Hall–Kier alpha value is -3.72. The molecule has 150 valence electrons. The summed E-state index contributed by atoms with van der Waals surface area (Å²) in [5.74, 6) is -1.46. The van der Waals surface area contributed by atoms with Crippen LogP contribution in [0.4, 0.5) is 11.4 Å². The van der Waals surface area contributed by atoms with Gasteiger partial charge in [0.25, 0.3) is 11.6 Å². The highest BCUT2D eigenvalue weighted by Crippen LogP contribution is 2.27. The van der Waals surface area contributed by atoms with Crippen molar-refractivity contribution in [3.05, 3.63) is 70.0 Å². The van der Waals surface area contributed by atoms with Gasteiger partial charge in [-0.25, -0.2) is 4.79 Å². The van der Waals surface area contributed by atoms with Crippen LogP contribution in [-0.4, -0.2) is 30.0 Å². The molecule has 3 rings (SSSR count). The van der Waals surface area contributed by atoms with Crippen molar-refractivity contribution in [2.75, 3.05) is 18.5 Å². The molecule has 0 spiro atoms. The third kappa shape index (κ3) is 4.77. The predicted molar refractivity (Wildman–Crippen MR) is 104 cm³/mol. The SMILES string of the molecule is CCOCc1c(C(=O)OCC(=O)Nc2cccc([N+](=O)[O-])c2)oc2ccccc12. The lowest BCUT2D eigenvalue weighted by atomic mass is 10.1. The third-order valence-electron chi connectivity index (χ3n) is 4.01. The summed E-state index contributed by atoms with van der Waals surface area (Å²) in [5.41, 5.74) is 1.12. The summed E-state index contributed by atoms with van der Waals surface area (Å²) < 4.78 is 16.1. The molecule has 0 aliphatic rings. The number of hydrogen-bond donors (Lipinski definition) is 1. The average molecular weight is 398 g/mol. The van der Waals surface area contributed by atoms with Crippen molar-refractivity contribution in [2.45, 2.75) is 13.5 Å². The largest absolute Gasteiger partial charge is 0.450 e. The standard InChI is InChI=1S/C20H18N2O7/c1-2-27-11-16-15-8-3-4-9-17(15)29-19(16)20(24)28-12-18(23)21-13-6-5-7-14(10-13)22(25)26/h3-10H,2,11-12H2,1H3,(H,21,23). The molecule has 1 heterocycles. The van der Waals surface area contributed by atoms with Gasteiger partial charge in [-0.2, -0.15) is 0 Å². The van der Waals surface area contributed by atoms with E-state index in [1.165, 1.54) is 24.3 Å². The number of ether oxygens (including phenoxy) is 2. The van der Waals surface area contributed by atoms with Crippen molar-refractivity contribution in [3.8, 4) is 0 Å². The summed E-state index contributed by atoms with van der Waals surface area (Å²) in [6.45, 7) is 1.88. The van der Waals surface area contributed by atoms with Crippen LogP contribution in [0.25, 0.3) is 11.0 Å². The number of esters is 1. The molecule has 0 saturated heterocycles. The molecule has 3 aromatic rings. The lowest BCUT2D eigenvalue weighted by Crippen LogP contribution is -2.21. The lowest BCUT2D eigenvalue weighted by Gasteiger charge is -2.07. The number of hydrogen-bond acceptors (Lipinski definition) is 7. The number of furan rings is 1. The zero-order valence-corrected chi connectivity index (χ0v) is 15.5. The number of non-ortho nitro benzene ring substituents is 1. The van der Waals surface area contributed by atoms with Gasteiger partial charge in [0, 0.05) is 35.4 Å². The van der Waals surface area contributed by atoms with Crippen molar-refractivity contribution < 1.29 is 28.4 Å². The fraction of sp³-hybridized carbons (Fsp3) is 0.200. The molecule has 0 fully saturated rings. The Labute approximate surface area is 165 Å². The molecule has 0 aliphatic heterocycles. The van der Waals surface area contributed by atoms with Crippen LogP contribution < -0.4 is 5.32 Å². The van der Waals surface area contributed by atoms with Crippen LogP contribution in [-0.2, 0) is 20.9 Å². The van der Waals surface area contributed by atoms with Crippen LogP contribution in [0.15, 0.2) is 52.9 Å². The van der Waals surface area contributed by atoms with E-state index in [0.29, 0.717) is 17.8 Å². The quantitative estimate of drug-likeness (QED) is 0.349. The molecule has 0 unspecified atom stereocenters. The number of carbonyl (C=O) groups excluding carboxylic acids is 2. The highest BCUT2D eigenvalue weighted by Gasteiger charge is 2.22. The molecule has 0 bridgehead atoms. The molecule has 2 aromatic carbocycles. The molecule has 0 saturated carbocycles. The van der Waals surface area contributed by atoms with E-state index < -0.39 is 23.4 Å². The summed E-state index contributed by atoms with van der Waals surface area (Å²) in [5, 5.41) is 14.0. The van der Waals surface area contributed by atoms with Crippen molar-refractivity contribution >= 4 is 34.2 Å². The van der Waals surface area contributed by atoms with Crippen LogP contribution in [0.1, 0.15) is 23.0 Å². The number of nitro benzene ring substituents is 1. The summed E-state index contributed by atoms with van der Waals surface area (Å²) in [6.07, 6.45) is 0. The van der Waals surface area contributed by atoms with Gasteiger partial charge in [-0.05, 0) is 19.1 Å². The first-order valence-corrected chi connectivity index (χ1v) is 8.79. The Balaban J connectivity index is 1.68. The second-order valence-electron chi connectivity index (χ2n) is 5.97. The fourth-order valence-electron chi connectivity index (χ4n) is 2.70. The highest BCUT2D eigenvalue weighted by atomic mass is 16.6. The predicted octanol–water partition coefficient (Wildman–Crippen LogP) is 3.67. The van der Waals surface area contributed by atoms with E-state index in [-0.39, 0.29) is 23.7 Å². The zero-order valence-electron chi connectivity index (χ0n) is 15.5. The van der Waals surface area contributed by atoms with Gasteiger partial charge in [0.2, 0.25) is 5.76 Å². The number of anilines is 1. The van der Waals surface area contributed by atoms with Crippen molar-refractivity contribution in [1.29, 1.82) is 0 Å². The van der Waals surface area contributed by atoms with E-state index in [1.807, 2.05) is 13.0 Å². The van der Waals surface area contributed by atoms with Crippen LogP contribution in [0.3, 0.4) is 0 Å². The van der Waals surface area contributed by atoms with E-state index >= 15 is 0 Å². The molecular weight excluding hydrogens is 380 g/mol. The highest BCUT2D eigenvalue weighted by molar-refractivity contribution is 5.98. The Morgan fingerprint density at radius 1 is 1.17 bits per heavy atom. The molecular formula is C20H18N2O7. The van der Waals surface area contributed by atoms with Crippen LogP contribution in [0.5, 0.6) is 0 Å². The van der Waals surface area contributed by atoms with Crippen LogP contribution in [0, 0.1) is 10.1 Å². The van der Waals surface area contributed by atoms with Crippen LogP contribution in [0.2, 0.25) is 0 Å². The molecule has 1 amide bonds. The van der Waals surface area contributed by atoms with E-state index in [0.717, 1.165) is 5.39 Å². The first-order valence-electron chi connectivity index (χ1n) is 8.79. The second-order valence-corrected chi connectivity index (χ2v) is 5.97. The maximum absolute atomic E-state index is 12.5. The Kier molecular flexibility index (Phi) is 6.20. The third-order valence-corrected chi connectivity index (χ3v) is 4.01. The molecule has 29 heavy (non-hydrogen) atoms. The Bertz CT molecular complexity index is 1060. The Morgan fingerprint density at radius 2 is 1.97 bits per heavy atom. The van der Waals surface area contributed by atoms with Crippen molar-refractivity contribution in [3.63, 3.8) is 0 Å². The lowest BCUT2D eigenvalue weighted by molar-refractivity contribution is -0.384. The maximum Gasteiger partial charge on any atom is 0.375 e. The van der Waals surface area contributed by atoms with Gasteiger partial charge in [0.05, 0.1) is 11.5 Å². The molecule has 1 aromatic heterocycles. The summed E-state index contributed by atoms with van der Waals surface area (Å²) in [4.78, 5) is 34.7. The topological polar surface area (TPSA) is 121 Å². The van der Waals surface area contributed by atoms with E-state index in [1.54, 1.807) is 18.2 Å². The normalized spacial score (nSPS) is 10.7. The molecule has 0 atom stereocenters. The number of nitrogens with one attached hydrogen (secondary N) is 1. The van der Waals surface area contributed by atoms with E-state index in [9.17, 15) is 19.7 Å². The number of carbonyl (C=O) groups is 2. The van der Waals surface area contributed by atoms with E-state index in [2.05, 4.69) is 5.32 Å². The first-order chi connectivity index (χ1) is 14.0. The van der Waals surface area contributed by atoms with Gasteiger partial charge in [-0.3, -0.25) is 14.9 Å². The smallest absolute Gasteiger partial charge is 0.375 e. The van der Waals surface area contributed by atoms with E-state index in [4.69, 9.17) is 13.9 Å². The van der Waals surface area contributed by atoms with Gasteiger partial charge in [-0.15, -0.1) is 0 Å². The number of nitro groups is 1. The van der Waals surface area contributed by atoms with Crippen LogP contribution >= 0.6 is 0 Å². The van der Waals surface area contributed by atoms with Gasteiger partial charge in [0.15, 0.2) is 6.61 Å².